The lowest BCUT2D eigenvalue weighted by atomic mass is 10.0. The number of benzene rings is 3. The first-order valence-corrected chi connectivity index (χ1v) is 31.2. The van der Waals surface area contributed by atoms with Gasteiger partial charge in [-0.05, 0) is 110 Å². The molecule has 0 fully saturated rings. The van der Waals surface area contributed by atoms with Crippen LogP contribution >= 0.6 is 0 Å². The van der Waals surface area contributed by atoms with E-state index in [0.29, 0.717) is 97.7 Å². The van der Waals surface area contributed by atoms with Crippen molar-refractivity contribution in [2.24, 2.45) is 22.4 Å². The van der Waals surface area contributed by atoms with Crippen molar-refractivity contribution in [1.82, 2.24) is 46.3 Å². The fourth-order valence-corrected chi connectivity index (χ4v) is 10.6. The number of hydrogen-bond donors (Lipinski definition) is 9. The average molecular weight is 1270 g/mol. The third kappa shape index (κ3) is 21.4. The summed E-state index contributed by atoms with van der Waals surface area (Å²) in [4.78, 5) is 129. The number of carbonyl (C=O) groups excluding carboxylic acids is 9. The second kappa shape index (κ2) is 34.2. The zero-order chi connectivity index (χ0) is 66.3. The smallest absolute Gasteiger partial charge is 0.312 e. The van der Waals surface area contributed by atoms with Gasteiger partial charge in [0.15, 0.2) is 0 Å². The molecule has 0 aliphatic carbocycles. The van der Waals surface area contributed by atoms with Gasteiger partial charge < -0.3 is 53.0 Å². The number of nitrogens with two attached hydrogens (primary N) is 2. The number of amidine groups is 1. The summed E-state index contributed by atoms with van der Waals surface area (Å²) in [6.07, 6.45) is 10.4. The number of alkyl halides is 2. The molecule has 2 atom stereocenters. The highest BCUT2D eigenvalue weighted by atomic mass is 19.3. The van der Waals surface area contributed by atoms with Gasteiger partial charge in [-0.25, -0.2) is 18.6 Å². The fraction of sp³-hybridized carbons (Fsp3) is 0.439. The first-order chi connectivity index (χ1) is 44.1. The molecular weight excluding hydrogens is 1190 g/mol. The number of ether oxygens (including phenoxy) is 1. The van der Waals surface area contributed by atoms with Crippen LogP contribution in [0.2, 0.25) is 0 Å². The van der Waals surface area contributed by atoms with Crippen LogP contribution in [0.4, 0.5) is 30.6 Å². The Bertz CT molecular complexity index is 3370. The molecule has 0 saturated heterocycles. The van der Waals surface area contributed by atoms with Crippen LogP contribution in [0.3, 0.4) is 0 Å². The van der Waals surface area contributed by atoms with Crippen molar-refractivity contribution in [2.45, 2.75) is 130 Å². The van der Waals surface area contributed by atoms with Crippen LogP contribution in [0, 0.1) is 5.92 Å². The van der Waals surface area contributed by atoms with Crippen molar-refractivity contribution in [3.63, 3.8) is 0 Å². The number of nitrogens with one attached hydrogen (secondary N) is 7. The first kappa shape index (κ1) is 70.2. The number of rotatable bonds is 34. The second-order valence-corrected chi connectivity index (χ2v) is 23.4. The molecule has 3 aromatic carbocycles. The van der Waals surface area contributed by atoms with E-state index in [-0.39, 0.29) is 99.0 Å². The third-order valence-electron chi connectivity index (χ3n) is 15.4. The second-order valence-electron chi connectivity index (χ2n) is 23.4. The summed E-state index contributed by atoms with van der Waals surface area (Å²) in [6, 6.07) is 17.5. The summed E-state index contributed by atoms with van der Waals surface area (Å²) in [5, 5.41) is 18.6. The van der Waals surface area contributed by atoms with E-state index in [9.17, 15) is 51.9 Å². The molecular formula is C66H84F2N14O10. The normalized spacial score (nSPS) is 14.4. The quantitative estimate of drug-likeness (QED) is 0.0148. The van der Waals surface area contributed by atoms with Gasteiger partial charge in [-0.15, -0.1) is 0 Å². The van der Waals surface area contributed by atoms with Gasteiger partial charge in [-0.3, -0.25) is 58.5 Å². The predicted octanol–water partition coefficient (Wildman–Crippen LogP) is 5.94. The molecule has 7 rings (SSSR count). The maximum Gasteiger partial charge on any atom is 0.312 e. The number of aliphatic imine (C=N–C) groups is 1. The van der Waals surface area contributed by atoms with Crippen molar-refractivity contribution < 1.29 is 56.7 Å². The summed E-state index contributed by atoms with van der Waals surface area (Å²) in [7, 11) is 0. The summed E-state index contributed by atoms with van der Waals surface area (Å²) in [5.41, 5.74) is 18.1. The predicted molar refractivity (Wildman–Crippen MR) is 344 cm³/mol. The molecule has 10 amide bonds. The summed E-state index contributed by atoms with van der Waals surface area (Å²) < 4.78 is 35.5. The molecule has 11 N–H and O–H groups in total. The average Bonchev–Trinajstić information content (AvgIpc) is 1.31. The SMILES string of the molecule is CCCN(CCC)C(=O)C1=Cc2ccc(C(=O)Nc3cnc4c(c3)CN(Cc3ccc(C(=O)NCC(F)(F)CNCOCc5ccc(NC(=O)C(CCCNC(N)=O)NC(=O)C(NC(=O)CCCCCN6C(=O)C=CC6=O)C(C)C)cc5)cc3)CC4)cc2N=C(N)C1. The van der Waals surface area contributed by atoms with E-state index in [2.05, 4.69) is 52.1 Å². The lowest BCUT2D eigenvalue weighted by Gasteiger charge is -2.28. The number of halogens is 2. The Morgan fingerprint density at radius 2 is 1.49 bits per heavy atom. The number of primary amides is 1. The molecule has 3 aliphatic heterocycles. The fourth-order valence-electron chi connectivity index (χ4n) is 10.6. The Balaban J connectivity index is 0.803. The number of unbranched alkanes of at least 4 members (excludes halogenated alkanes) is 2. The largest absolute Gasteiger partial charge is 0.387 e. The Labute approximate surface area is 534 Å². The van der Waals surface area contributed by atoms with Crippen LogP contribution in [0.5, 0.6) is 0 Å². The highest BCUT2D eigenvalue weighted by Crippen LogP contribution is 2.30. The zero-order valence-electron chi connectivity index (χ0n) is 52.5. The number of anilines is 2. The Kier molecular flexibility index (Phi) is 26.1. The molecule has 4 aromatic rings. The van der Waals surface area contributed by atoms with E-state index in [4.69, 9.17) is 16.2 Å². The molecule has 0 bridgehead atoms. The van der Waals surface area contributed by atoms with Crippen molar-refractivity contribution in [1.29, 1.82) is 0 Å². The van der Waals surface area contributed by atoms with Gasteiger partial charge in [-0.1, -0.05) is 64.4 Å². The van der Waals surface area contributed by atoms with Crippen molar-refractivity contribution in [3.05, 3.63) is 136 Å². The number of fused-ring (bicyclic) bond motifs is 2. The topological polar surface area (TPSA) is 334 Å². The van der Waals surface area contributed by atoms with E-state index >= 15 is 0 Å². The minimum atomic E-state index is -3.32. The van der Waals surface area contributed by atoms with Crippen LogP contribution in [-0.4, -0.2) is 149 Å². The maximum absolute atomic E-state index is 15.0. The Hall–Kier alpha value is -9.27. The molecule has 0 saturated carbocycles. The lowest BCUT2D eigenvalue weighted by molar-refractivity contribution is -0.137. The standard InChI is InChI=1S/C66H84F2N14O10/c1-5-27-81(28-6-2)64(90)48-31-46-19-20-47(33-54(46)77-55(69)34-48)61(87)76-51-32-49-37-80(30-25-52(49)73-35-51)36-43-13-17-45(18-14-43)60(86)74-40-66(67,68)39-71-41-92-38-44-15-21-50(22-16-44)75-62(88)53(11-10-26-72-65(70)91)78-63(89)59(42(3)4)79-56(83)12-8-7-9-29-82-57(84)23-24-58(82)85/h13-24,31-33,35,42,53,59,71H,5-12,25-30,34,36-41H2,1-4H3,(H2,69,77)(H,74,86)(H,75,88)(H,76,87)(H,78,89)(H,79,83)(H3,70,72,91). The molecule has 92 heavy (non-hydrogen) atoms. The van der Waals surface area contributed by atoms with Crippen LogP contribution in [0.25, 0.3) is 6.08 Å². The van der Waals surface area contributed by atoms with Crippen LogP contribution in [-0.2, 0) is 59.6 Å². The maximum atomic E-state index is 15.0. The summed E-state index contributed by atoms with van der Waals surface area (Å²) in [6.45, 7) is 9.11. The van der Waals surface area contributed by atoms with E-state index in [1.54, 1.807) is 92.9 Å². The van der Waals surface area contributed by atoms with Crippen LogP contribution in [0.15, 0.2) is 102 Å². The van der Waals surface area contributed by atoms with Crippen molar-refractivity contribution in [3.8, 4) is 0 Å². The molecule has 492 valence electrons. The minimum Gasteiger partial charge on any atom is -0.387 e. The first-order valence-electron chi connectivity index (χ1n) is 31.2. The zero-order valence-corrected chi connectivity index (χ0v) is 52.5. The highest BCUT2D eigenvalue weighted by Gasteiger charge is 2.31. The number of carbonyl (C=O) groups is 9. The monoisotopic (exact) mass is 1270 g/mol. The van der Waals surface area contributed by atoms with Gasteiger partial charge in [0.1, 0.15) is 17.9 Å². The van der Waals surface area contributed by atoms with Gasteiger partial charge in [-0.2, -0.15) is 0 Å². The highest BCUT2D eigenvalue weighted by molar-refractivity contribution is 6.13. The number of urea groups is 1. The number of nitrogens with zero attached hydrogens (tertiary/aromatic N) is 5. The van der Waals surface area contributed by atoms with E-state index < -0.39 is 54.8 Å². The van der Waals surface area contributed by atoms with E-state index in [1.807, 2.05) is 24.8 Å². The van der Waals surface area contributed by atoms with Gasteiger partial charge in [0.2, 0.25) is 23.6 Å². The van der Waals surface area contributed by atoms with Gasteiger partial charge in [0.25, 0.3) is 29.6 Å². The molecule has 1 aromatic heterocycles. The molecule has 0 radical (unpaired) electrons. The van der Waals surface area contributed by atoms with E-state index in [1.165, 1.54) is 12.2 Å². The Morgan fingerprint density at radius 3 is 2.18 bits per heavy atom. The number of aromatic nitrogens is 1. The Morgan fingerprint density at radius 1 is 0.783 bits per heavy atom. The van der Waals surface area contributed by atoms with Crippen molar-refractivity contribution in [2.75, 3.05) is 63.2 Å². The summed E-state index contributed by atoms with van der Waals surface area (Å²) in [5.74, 6) is -6.75. The number of amides is 10. The molecule has 26 heteroatoms. The van der Waals surface area contributed by atoms with Gasteiger partial charge in [0, 0.05) is 111 Å². The third-order valence-corrected chi connectivity index (χ3v) is 15.4. The molecule has 2 unspecified atom stereocenters. The van der Waals surface area contributed by atoms with Crippen molar-refractivity contribution >= 4 is 82.3 Å². The number of imide groups is 1. The molecule has 0 spiro atoms. The summed E-state index contributed by atoms with van der Waals surface area (Å²) >= 11 is 0. The molecule has 4 heterocycles. The van der Waals surface area contributed by atoms with Gasteiger partial charge >= 0.3 is 6.03 Å². The number of pyridine rings is 1. The van der Waals surface area contributed by atoms with Gasteiger partial charge in [0.05, 0.1) is 44.0 Å². The molecule has 24 nitrogen and oxygen atoms in total. The number of hydrogen-bond acceptors (Lipinski definition) is 15. The molecule has 3 aliphatic rings. The van der Waals surface area contributed by atoms with E-state index in [0.717, 1.165) is 34.6 Å². The lowest BCUT2D eigenvalue weighted by Crippen LogP contribution is -2.54. The van der Waals surface area contributed by atoms with Crippen LogP contribution < -0.4 is 48.7 Å². The van der Waals surface area contributed by atoms with Crippen LogP contribution in [0.1, 0.15) is 134 Å². The minimum absolute atomic E-state index is 0.0311.